The van der Waals surface area contributed by atoms with Crippen molar-refractivity contribution in [2.45, 2.75) is 17.3 Å². The van der Waals surface area contributed by atoms with Gasteiger partial charge in [-0.2, -0.15) is 0 Å². The predicted octanol–water partition coefficient (Wildman–Crippen LogP) is 0.892. The fourth-order valence-electron chi connectivity index (χ4n) is 1.23. The molecule has 0 aromatic carbocycles. The van der Waals surface area contributed by atoms with E-state index in [1.807, 2.05) is 6.20 Å². The number of aromatic amines is 1. The van der Waals surface area contributed by atoms with Gasteiger partial charge in [0, 0.05) is 18.9 Å². The largest absolute Gasteiger partial charge is 0.371 e. The Labute approximate surface area is 81.2 Å². The summed E-state index contributed by atoms with van der Waals surface area (Å²) in [5, 5.41) is 4.56. The summed E-state index contributed by atoms with van der Waals surface area (Å²) in [7, 11) is 0. The minimum absolute atomic E-state index is 0.355. The molecule has 0 bridgehead atoms. The molecule has 4 nitrogen and oxygen atoms in total. The van der Waals surface area contributed by atoms with Crippen molar-refractivity contribution in [3.63, 3.8) is 0 Å². The Bertz CT molecular complexity index is 293. The molecule has 1 unspecified atom stereocenters. The van der Waals surface area contributed by atoms with Gasteiger partial charge in [-0.05, 0) is 6.92 Å². The third kappa shape index (κ3) is 2.03. The van der Waals surface area contributed by atoms with E-state index in [9.17, 15) is 0 Å². The molecule has 70 valence electrons. The predicted molar refractivity (Wildman–Crippen MR) is 54.2 cm³/mol. The van der Waals surface area contributed by atoms with Crippen molar-refractivity contribution in [2.75, 3.05) is 13.1 Å². The quantitative estimate of drug-likeness (QED) is 0.706. The fraction of sp³-hybridized carbons (Fsp3) is 0.500. The number of nitrogens with zero attached hydrogens (tertiary/aromatic N) is 2. The van der Waals surface area contributed by atoms with Crippen LogP contribution in [0, 0.1) is 0 Å². The van der Waals surface area contributed by atoms with Gasteiger partial charge >= 0.3 is 0 Å². The zero-order valence-electron chi connectivity index (χ0n) is 7.45. The SMILES string of the molecule is CC(Sc1ncc[nH]1)C1=NCCN1. The number of rotatable bonds is 3. The maximum atomic E-state index is 4.36. The minimum Gasteiger partial charge on any atom is -0.371 e. The first-order chi connectivity index (χ1) is 6.36. The summed E-state index contributed by atoms with van der Waals surface area (Å²) in [5.74, 6) is 1.08. The van der Waals surface area contributed by atoms with Gasteiger partial charge in [-0.1, -0.05) is 11.8 Å². The summed E-state index contributed by atoms with van der Waals surface area (Å²) in [6, 6.07) is 0. The zero-order chi connectivity index (χ0) is 9.10. The molecule has 2 N–H and O–H groups in total. The van der Waals surface area contributed by atoms with Gasteiger partial charge in [-0.15, -0.1) is 0 Å². The molecular weight excluding hydrogens is 184 g/mol. The van der Waals surface area contributed by atoms with Crippen LogP contribution in [-0.2, 0) is 0 Å². The van der Waals surface area contributed by atoms with Crippen molar-refractivity contribution in [3.05, 3.63) is 12.4 Å². The number of hydrogen-bond donors (Lipinski definition) is 2. The van der Waals surface area contributed by atoms with Crippen molar-refractivity contribution in [1.82, 2.24) is 15.3 Å². The van der Waals surface area contributed by atoms with Crippen LogP contribution in [0.3, 0.4) is 0 Å². The van der Waals surface area contributed by atoms with Crippen LogP contribution in [0.15, 0.2) is 22.5 Å². The Kier molecular flexibility index (Phi) is 2.54. The second-order valence-corrected chi connectivity index (χ2v) is 4.18. The molecule has 2 heterocycles. The van der Waals surface area contributed by atoms with Crippen LogP contribution < -0.4 is 5.32 Å². The van der Waals surface area contributed by atoms with Gasteiger partial charge in [0.1, 0.15) is 5.84 Å². The smallest absolute Gasteiger partial charge is 0.165 e. The normalized spacial score (nSPS) is 18.1. The molecule has 1 aliphatic rings. The Balaban J connectivity index is 1.95. The highest BCUT2D eigenvalue weighted by Gasteiger charge is 2.15. The third-order valence-electron chi connectivity index (χ3n) is 1.85. The highest BCUT2D eigenvalue weighted by molar-refractivity contribution is 8.00. The number of imidazole rings is 1. The van der Waals surface area contributed by atoms with Crippen molar-refractivity contribution in [3.8, 4) is 0 Å². The second-order valence-electron chi connectivity index (χ2n) is 2.85. The zero-order valence-corrected chi connectivity index (χ0v) is 8.27. The monoisotopic (exact) mass is 196 g/mol. The van der Waals surface area contributed by atoms with Gasteiger partial charge in [-0.25, -0.2) is 4.98 Å². The molecule has 1 aromatic rings. The topological polar surface area (TPSA) is 53.1 Å². The van der Waals surface area contributed by atoms with Crippen LogP contribution in [-0.4, -0.2) is 34.1 Å². The number of aromatic nitrogens is 2. The number of hydrogen-bond acceptors (Lipinski definition) is 4. The Morgan fingerprint density at radius 3 is 3.15 bits per heavy atom. The molecule has 1 aromatic heterocycles. The molecule has 0 aliphatic carbocycles. The number of H-pyrrole nitrogens is 1. The van der Waals surface area contributed by atoms with Crippen molar-refractivity contribution in [1.29, 1.82) is 0 Å². The lowest BCUT2D eigenvalue weighted by Crippen LogP contribution is -2.27. The van der Waals surface area contributed by atoms with E-state index in [2.05, 4.69) is 27.2 Å². The van der Waals surface area contributed by atoms with Gasteiger partial charge in [0.15, 0.2) is 5.16 Å². The summed E-state index contributed by atoms with van der Waals surface area (Å²) in [6.07, 6.45) is 3.60. The van der Waals surface area contributed by atoms with E-state index in [1.54, 1.807) is 18.0 Å². The lowest BCUT2D eigenvalue weighted by Gasteiger charge is -2.09. The summed E-state index contributed by atoms with van der Waals surface area (Å²) in [5.41, 5.74) is 0. The maximum Gasteiger partial charge on any atom is 0.165 e. The maximum absolute atomic E-state index is 4.36. The average Bonchev–Trinajstić information content (AvgIpc) is 2.74. The molecular formula is C8H12N4S. The molecule has 0 saturated heterocycles. The van der Waals surface area contributed by atoms with Crippen LogP contribution in [0.2, 0.25) is 0 Å². The average molecular weight is 196 g/mol. The number of thioether (sulfide) groups is 1. The molecule has 0 saturated carbocycles. The summed E-state index contributed by atoms with van der Waals surface area (Å²) >= 11 is 1.69. The minimum atomic E-state index is 0.355. The summed E-state index contributed by atoms with van der Waals surface area (Å²) in [4.78, 5) is 11.6. The van der Waals surface area contributed by atoms with E-state index in [4.69, 9.17) is 0 Å². The molecule has 1 aliphatic heterocycles. The van der Waals surface area contributed by atoms with Gasteiger partial charge in [-0.3, -0.25) is 4.99 Å². The van der Waals surface area contributed by atoms with Crippen molar-refractivity contribution >= 4 is 17.6 Å². The number of amidine groups is 1. The first kappa shape index (κ1) is 8.62. The highest BCUT2D eigenvalue weighted by Crippen LogP contribution is 2.19. The Morgan fingerprint density at radius 1 is 1.62 bits per heavy atom. The Hall–Kier alpha value is -0.970. The third-order valence-corrected chi connectivity index (χ3v) is 2.87. The lowest BCUT2D eigenvalue weighted by molar-refractivity contribution is 0.951. The van der Waals surface area contributed by atoms with Crippen LogP contribution in [0.4, 0.5) is 0 Å². The van der Waals surface area contributed by atoms with E-state index in [0.717, 1.165) is 24.1 Å². The second kappa shape index (κ2) is 3.83. The Morgan fingerprint density at radius 2 is 2.54 bits per heavy atom. The van der Waals surface area contributed by atoms with E-state index in [-0.39, 0.29) is 0 Å². The molecule has 0 fully saturated rings. The van der Waals surface area contributed by atoms with Crippen LogP contribution >= 0.6 is 11.8 Å². The number of nitrogens with one attached hydrogen (secondary N) is 2. The van der Waals surface area contributed by atoms with Crippen LogP contribution in [0.5, 0.6) is 0 Å². The first-order valence-electron chi connectivity index (χ1n) is 4.30. The first-order valence-corrected chi connectivity index (χ1v) is 5.18. The van der Waals surface area contributed by atoms with Crippen molar-refractivity contribution < 1.29 is 0 Å². The molecule has 13 heavy (non-hydrogen) atoms. The molecule has 0 amide bonds. The van der Waals surface area contributed by atoms with Gasteiger partial charge in [0.05, 0.1) is 11.8 Å². The van der Waals surface area contributed by atoms with Crippen LogP contribution in [0.25, 0.3) is 0 Å². The fourth-order valence-corrected chi connectivity index (χ4v) is 2.09. The molecule has 2 rings (SSSR count). The molecule has 0 radical (unpaired) electrons. The van der Waals surface area contributed by atoms with E-state index >= 15 is 0 Å². The number of aliphatic imine (C=N–C) groups is 1. The standard InChI is InChI=1S/C8H12N4S/c1-6(7-9-2-3-10-7)13-8-11-4-5-12-8/h4-6H,2-3H2,1H3,(H,9,10)(H,11,12). The lowest BCUT2D eigenvalue weighted by atomic mass is 10.4. The summed E-state index contributed by atoms with van der Waals surface area (Å²) in [6.45, 7) is 4.00. The van der Waals surface area contributed by atoms with Gasteiger partial charge < -0.3 is 10.3 Å². The summed E-state index contributed by atoms with van der Waals surface area (Å²) < 4.78 is 0. The van der Waals surface area contributed by atoms with Gasteiger partial charge in [0.2, 0.25) is 0 Å². The highest BCUT2D eigenvalue weighted by atomic mass is 32.2. The van der Waals surface area contributed by atoms with Crippen molar-refractivity contribution in [2.24, 2.45) is 4.99 Å². The van der Waals surface area contributed by atoms with E-state index < -0.39 is 0 Å². The van der Waals surface area contributed by atoms with E-state index in [0.29, 0.717) is 5.25 Å². The molecule has 5 heteroatoms. The molecule has 1 atom stereocenters. The van der Waals surface area contributed by atoms with Crippen LogP contribution in [0.1, 0.15) is 6.92 Å². The van der Waals surface area contributed by atoms with E-state index in [1.165, 1.54) is 0 Å². The molecule has 0 spiro atoms. The van der Waals surface area contributed by atoms with Gasteiger partial charge in [0.25, 0.3) is 0 Å².